The van der Waals surface area contributed by atoms with Crippen LogP contribution in [-0.4, -0.2) is 57.9 Å². The first-order chi connectivity index (χ1) is 11.4. The summed E-state index contributed by atoms with van der Waals surface area (Å²) in [5.41, 5.74) is -0.465. The average Bonchev–Trinajstić information content (AvgIpc) is 2.59. The molecule has 1 atom stereocenters. The van der Waals surface area contributed by atoms with Gasteiger partial charge in [0.25, 0.3) is 0 Å². The van der Waals surface area contributed by atoms with Crippen LogP contribution in [-0.2, 0) is 16.1 Å². The Morgan fingerprint density at radius 2 is 1.83 bits per heavy atom. The number of hydrogen-bond donors (Lipinski definition) is 3. The van der Waals surface area contributed by atoms with E-state index in [1.807, 2.05) is 6.07 Å². The normalized spacial score (nSPS) is 19.0. The molecule has 1 aliphatic rings. The molecule has 8 heteroatoms. The van der Waals surface area contributed by atoms with Crippen molar-refractivity contribution in [2.45, 2.75) is 19.0 Å². The second-order valence-corrected chi connectivity index (χ2v) is 5.77. The molecule has 1 unspecified atom stereocenters. The van der Waals surface area contributed by atoms with Gasteiger partial charge in [0.15, 0.2) is 5.92 Å². The lowest BCUT2D eigenvalue weighted by atomic mass is 10.0. The zero-order chi connectivity index (χ0) is 17.7. The van der Waals surface area contributed by atoms with E-state index < -0.39 is 42.5 Å². The number of aliphatic hydroxyl groups is 2. The second kappa shape index (κ2) is 7.33. The summed E-state index contributed by atoms with van der Waals surface area (Å²) in [6.07, 6.45) is 1.06. The predicted octanol–water partition coefficient (Wildman–Crippen LogP) is -0.305. The number of nitrogens with one attached hydrogen (secondary N) is 1. The van der Waals surface area contributed by atoms with Crippen molar-refractivity contribution in [1.29, 1.82) is 0 Å². The number of aliphatic hydroxyl groups excluding tert-OH is 2. The van der Waals surface area contributed by atoms with E-state index in [-0.39, 0.29) is 6.54 Å². The van der Waals surface area contributed by atoms with Gasteiger partial charge in [0.05, 0.1) is 19.8 Å². The molecule has 0 saturated carbocycles. The summed E-state index contributed by atoms with van der Waals surface area (Å²) in [4.78, 5) is 41.2. The molecule has 0 aliphatic carbocycles. The maximum absolute atomic E-state index is 12.5. The maximum Gasteiger partial charge on any atom is 0.331 e. The van der Waals surface area contributed by atoms with Gasteiger partial charge in [-0.25, -0.2) is 4.79 Å². The lowest BCUT2D eigenvalue weighted by Gasteiger charge is -2.29. The molecule has 1 saturated heterocycles. The number of carbonyl (C=O) groups excluding carboxylic acids is 3. The first-order valence-corrected chi connectivity index (χ1v) is 7.37. The van der Waals surface area contributed by atoms with Gasteiger partial charge in [-0.3, -0.25) is 24.8 Å². The minimum Gasteiger partial charge on any atom is -0.394 e. The van der Waals surface area contributed by atoms with Crippen LogP contribution in [0, 0.1) is 5.92 Å². The topological polar surface area (TPSA) is 119 Å². The molecule has 24 heavy (non-hydrogen) atoms. The first kappa shape index (κ1) is 17.8. The minimum absolute atomic E-state index is 0.0282. The van der Waals surface area contributed by atoms with Crippen molar-refractivity contribution in [3.05, 3.63) is 35.9 Å². The highest BCUT2D eigenvalue weighted by Gasteiger charge is 2.39. The number of nitrogens with zero attached hydrogens (tertiary/aromatic N) is 2. The van der Waals surface area contributed by atoms with E-state index in [1.165, 1.54) is 6.92 Å². The van der Waals surface area contributed by atoms with Gasteiger partial charge in [0.1, 0.15) is 5.54 Å². The maximum atomic E-state index is 12.5. The SMILES string of the molecule is CC(CO)(CO)N=CC1C(=O)NC(=O)N(Cc2ccccc2)C1=O. The van der Waals surface area contributed by atoms with E-state index in [1.54, 1.807) is 24.3 Å². The van der Waals surface area contributed by atoms with E-state index in [4.69, 9.17) is 0 Å². The van der Waals surface area contributed by atoms with Crippen LogP contribution in [0.4, 0.5) is 4.79 Å². The van der Waals surface area contributed by atoms with Gasteiger partial charge in [-0.05, 0) is 12.5 Å². The fourth-order valence-electron chi connectivity index (χ4n) is 2.06. The molecular weight excluding hydrogens is 314 g/mol. The molecule has 4 amide bonds. The molecule has 0 radical (unpaired) electrons. The van der Waals surface area contributed by atoms with E-state index in [2.05, 4.69) is 10.3 Å². The number of rotatable bonds is 6. The molecule has 8 nitrogen and oxygen atoms in total. The molecule has 1 heterocycles. The van der Waals surface area contributed by atoms with Gasteiger partial charge < -0.3 is 10.2 Å². The van der Waals surface area contributed by atoms with Gasteiger partial charge >= 0.3 is 6.03 Å². The molecular formula is C16H19N3O5. The Hall–Kier alpha value is -2.58. The van der Waals surface area contributed by atoms with Crippen molar-refractivity contribution in [3.8, 4) is 0 Å². The molecule has 0 bridgehead atoms. The van der Waals surface area contributed by atoms with E-state index in [0.717, 1.165) is 16.7 Å². The van der Waals surface area contributed by atoms with Crippen molar-refractivity contribution in [2.75, 3.05) is 13.2 Å². The van der Waals surface area contributed by atoms with Crippen molar-refractivity contribution < 1.29 is 24.6 Å². The van der Waals surface area contributed by atoms with Gasteiger partial charge in [-0.2, -0.15) is 0 Å². The smallest absolute Gasteiger partial charge is 0.331 e. The second-order valence-electron chi connectivity index (χ2n) is 5.77. The van der Waals surface area contributed by atoms with Crippen LogP contribution >= 0.6 is 0 Å². The number of barbiturate groups is 1. The zero-order valence-electron chi connectivity index (χ0n) is 13.2. The highest BCUT2D eigenvalue weighted by atomic mass is 16.3. The van der Waals surface area contributed by atoms with Gasteiger partial charge in [-0.1, -0.05) is 30.3 Å². The van der Waals surface area contributed by atoms with Crippen LogP contribution in [0.15, 0.2) is 35.3 Å². The summed E-state index contributed by atoms with van der Waals surface area (Å²) in [6.45, 7) is 0.604. The van der Waals surface area contributed by atoms with Crippen molar-refractivity contribution in [2.24, 2.45) is 10.9 Å². The Kier molecular flexibility index (Phi) is 5.42. The fraction of sp³-hybridized carbons (Fsp3) is 0.375. The van der Waals surface area contributed by atoms with E-state index in [0.29, 0.717) is 0 Å². The summed E-state index contributed by atoms with van der Waals surface area (Å²) < 4.78 is 0. The predicted molar refractivity (Wildman–Crippen MR) is 85.1 cm³/mol. The third kappa shape index (κ3) is 3.84. The Morgan fingerprint density at radius 3 is 2.42 bits per heavy atom. The molecule has 0 spiro atoms. The third-order valence-corrected chi connectivity index (χ3v) is 3.69. The Labute approximate surface area is 138 Å². The zero-order valence-corrected chi connectivity index (χ0v) is 13.2. The number of amides is 4. The number of urea groups is 1. The van der Waals surface area contributed by atoms with Crippen LogP contribution in [0.5, 0.6) is 0 Å². The van der Waals surface area contributed by atoms with Gasteiger partial charge in [-0.15, -0.1) is 0 Å². The van der Waals surface area contributed by atoms with Crippen molar-refractivity contribution in [1.82, 2.24) is 10.2 Å². The molecule has 2 rings (SSSR count). The highest BCUT2D eigenvalue weighted by molar-refractivity contribution is 6.23. The van der Waals surface area contributed by atoms with Crippen molar-refractivity contribution in [3.63, 3.8) is 0 Å². The van der Waals surface area contributed by atoms with E-state index >= 15 is 0 Å². The summed E-state index contributed by atoms with van der Waals surface area (Å²) in [5, 5.41) is 20.5. The monoisotopic (exact) mass is 333 g/mol. The standard InChI is InChI=1S/C16H19N3O5/c1-16(9-20,10-21)17-7-12-13(22)18-15(24)19(14(12)23)8-11-5-3-2-4-6-11/h2-7,12,20-21H,8-10H2,1H3,(H,18,22,24). The lowest BCUT2D eigenvalue weighted by molar-refractivity contribution is -0.139. The van der Waals surface area contributed by atoms with Crippen LogP contribution in [0.2, 0.25) is 0 Å². The number of imide groups is 2. The molecule has 0 aromatic heterocycles. The number of benzene rings is 1. The molecule has 1 aromatic rings. The number of hydrogen-bond acceptors (Lipinski definition) is 6. The largest absolute Gasteiger partial charge is 0.394 e. The van der Waals surface area contributed by atoms with Crippen LogP contribution < -0.4 is 5.32 Å². The Morgan fingerprint density at radius 1 is 1.21 bits per heavy atom. The fourth-order valence-corrected chi connectivity index (χ4v) is 2.06. The molecule has 3 N–H and O–H groups in total. The number of carbonyl (C=O) groups is 3. The Balaban J connectivity index is 2.20. The third-order valence-electron chi connectivity index (χ3n) is 3.69. The molecule has 128 valence electrons. The quantitative estimate of drug-likeness (QED) is 0.487. The summed E-state index contributed by atoms with van der Waals surface area (Å²) in [5.74, 6) is -2.77. The highest BCUT2D eigenvalue weighted by Crippen LogP contribution is 2.15. The summed E-state index contributed by atoms with van der Waals surface area (Å²) in [6, 6.07) is 8.10. The number of aliphatic imine (C=N–C) groups is 1. The molecule has 1 aromatic carbocycles. The summed E-state index contributed by atoms with van der Waals surface area (Å²) >= 11 is 0. The average molecular weight is 333 g/mol. The molecule has 1 fully saturated rings. The van der Waals surface area contributed by atoms with Gasteiger partial charge in [0.2, 0.25) is 11.8 Å². The van der Waals surface area contributed by atoms with Crippen LogP contribution in [0.25, 0.3) is 0 Å². The van der Waals surface area contributed by atoms with Crippen LogP contribution in [0.3, 0.4) is 0 Å². The summed E-state index contributed by atoms with van der Waals surface area (Å²) in [7, 11) is 0. The van der Waals surface area contributed by atoms with Crippen LogP contribution in [0.1, 0.15) is 12.5 Å². The molecule has 1 aliphatic heterocycles. The van der Waals surface area contributed by atoms with Crippen molar-refractivity contribution >= 4 is 24.1 Å². The van der Waals surface area contributed by atoms with Gasteiger partial charge in [0, 0.05) is 6.21 Å². The first-order valence-electron chi connectivity index (χ1n) is 7.37. The lowest BCUT2D eigenvalue weighted by Crippen LogP contribution is -2.58. The minimum atomic E-state index is -1.29. The Bertz CT molecular complexity index is 655. The van der Waals surface area contributed by atoms with E-state index in [9.17, 15) is 24.6 Å².